The van der Waals surface area contributed by atoms with E-state index < -0.39 is 0 Å². The van der Waals surface area contributed by atoms with Crippen molar-refractivity contribution >= 4 is 17.4 Å². The number of nitrogens with one attached hydrogen (secondary N) is 1. The molecule has 20 heavy (non-hydrogen) atoms. The van der Waals surface area contributed by atoms with Crippen molar-refractivity contribution in [1.29, 1.82) is 0 Å². The third kappa shape index (κ3) is 3.12. The Bertz CT molecular complexity index is 624. The molecular formula is C15H16FN3O. The molecule has 5 heteroatoms. The average molecular weight is 273 g/mol. The Hall–Kier alpha value is -2.43. The van der Waals surface area contributed by atoms with E-state index in [-0.39, 0.29) is 11.7 Å². The van der Waals surface area contributed by atoms with Gasteiger partial charge in [0.1, 0.15) is 11.6 Å². The van der Waals surface area contributed by atoms with Crippen LogP contribution in [0.25, 0.3) is 0 Å². The van der Waals surface area contributed by atoms with Gasteiger partial charge in [0.25, 0.3) is 5.91 Å². The fraction of sp³-hybridized carbons (Fsp3) is 0.200. The predicted molar refractivity (Wildman–Crippen MR) is 77.7 cm³/mol. The van der Waals surface area contributed by atoms with Gasteiger partial charge in [0.15, 0.2) is 0 Å². The van der Waals surface area contributed by atoms with Crippen molar-refractivity contribution in [3.8, 4) is 0 Å². The molecule has 1 amide bonds. The van der Waals surface area contributed by atoms with Crippen LogP contribution in [0.15, 0.2) is 36.5 Å². The lowest BCUT2D eigenvalue weighted by atomic mass is 10.1. The molecule has 0 atom stereocenters. The first-order valence-corrected chi connectivity index (χ1v) is 6.18. The Morgan fingerprint density at radius 2 is 2.00 bits per heavy atom. The van der Waals surface area contributed by atoms with Gasteiger partial charge in [-0.3, -0.25) is 4.79 Å². The van der Waals surface area contributed by atoms with E-state index in [0.717, 1.165) is 5.82 Å². The molecule has 4 nitrogen and oxygen atoms in total. The van der Waals surface area contributed by atoms with E-state index in [1.165, 1.54) is 18.2 Å². The molecular weight excluding hydrogens is 257 g/mol. The second-order valence-corrected chi connectivity index (χ2v) is 4.71. The number of benzene rings is 1. The Balaban J connectivity index is 2.15. The van der Waals surface area contributed by atoms with Crippen molar-refractivity contribution in [2.45, 2.75) is 6.92 Å². The van der Waals surface area contributed by atoms with Gasteiger partial charge in [-0.15, -0.1) is 0 Å². The zero-order valence-electron chi connectivity index (χ0n) is 11.6. The van der Waals surface area contributed by atoms with Crippen molar-refractivity contribution in [2.24, 2.45) is 0 Å². The van der Waals surface area contributed by atoms with Gasteiger partial charge in [-0.05, 0) is 42.8 Å². The lowest BCUT2D eigenvalue weighted by Crippen LogP contribution is -2.14. The molecule has 1 heterocycles. The molecule has 0 aliphatic heterocycles. The minimum Gasteiger partial charge on any atom is -0.363 e. The summed E-state index contributed by atoms with van der Waals surface area (Å²) < 4.78 is 13.0. The second kappa shape index (κ2) is 5.69. The molecule has 0 bridgehead atoms. The maximum Gasteiger partial charge on any atom is 0.255 e. The zero-order valence-corrected chi connectivity index (χ0v) is 11.6. The minimum atomic E-state index is -0.351. The molecule has 0 spiro atoms. The fourth-order valence-corrected chi connectivity index (χ4v) is 1.80. The lowest BCUT2D eigenvalue weighted by molar-refractivity contribution is 0.102. The highest BCUT2D eigenvalue weighted by atomic mass is 19.1. The molecule has 0 aliphatic carbocycles. The summed E-state index contributed by atoms with van der Waals surface area (Å²) in [6.45, 7) is 1.70. The summed E-state index contributed by atoms with van der Waals surface area (Å²) in [6.07, 6.45) is 1.59. The number of nitrogens with zero attached hydrogens (tertiary/aromatic N) is 2. The highest BCUT2D eigenvalue weighted by molar-refractivity contribution is 6.05. The minimum absolute atomic E-state index is 0.276. The number of rotatable bonds is 3. The number of aryl methyl sites for hydroxylation is 1. The number of amides is 1. The first kappa shape index (κ1) is 14.0. The first-order valence-electron chi connectivity index (χ1n) is 6.18. The van der Waals surface area contributed by atoms with Gasteiger partial charge in [-0.1, -0.05) is 0 Å². The van der Waals surface area contributed by atoms with Crippen molar-refractivity contribution in [1.82, 2.24) is 4.98 Å². The van der Waals surface area contributed by atoms with Crippen molar-refractivity contribution in [3.05, 3.63) is 53.5 Å². The highest BCUT2D eigenvalue weighted by Crippen LogP contribution is 2.15. The normalized spacial score (nSPS) is 10.2. The summed E-state index contributed by atoms with van der Waals surface area (Å²) in [5.41, 5.74) is 1.65. The first-order chi connectivity index (χ1) is 9.47. The number of pyridine rings is 1. The summed E-state index contributed by atoms with van der Waals surface area (Å²) in [7, 11) is 3.78. The van der Waals surface area contributed by atoms with Crippen LogP contribution in [0.2, 0.25) is 0 Å². The van der Waals surface area contributed by atoms with Gasteiger partial charge < -0.3 is 10.2 Å². The van der Waals surface area contributed by atoms with Gasteiger partial charge in [0.05, 0.1) is 11.9 Å². The molecule has 0 fully saturated rings. The number of hydrogen-bond donors (Lipinski definition) is 1. The molecule has 0 saturated heterocycles. The fourth-order valence-electron chi connectivity index (χ4n) is 1.80. The summed E-state index contributed by atoms with van der Waals surface area (Å²) >= 11 is 0. The van der Waals surface area contributed by atoms with E-state index in [9.17, 15) is 9.18 Å². The van der Waals surface area contributed by atoms with Crippen LogP contribution in [0.5, 0.6) is 0 Å². The maximum atomic E-state index is 13.0. The molecule has 0 aliphatic rings. The zero-order chi connectivity index (χ0) is 14.7. The number of aromatic nitrogens is 1. The van der Waals surface area contributed by atoms with Crippen LogP contribution in [-0.2, 0) is 0 Å². The van der Waals surface area contributed by atoms with Crippen LogP contribution in [-0.4, -0.2) is 25.0 Å². The molecule has 1 N–H and O–H groups in total. The van der Waals surface area contributed by atoms with Gasteiger partial charge in [0, 0.05) is 19.7 Å². The highest BCUT2D eigenvalue weighted by Gasteiger charge is 2.10. The van der Waals surface area contributed by atoms with Gasteiger partial charge >= 0.3 is 0 Å². The number of hydrogen-bond acceptors (Lipinski definition) is 3. The molecule has 0 saturated carbocycles. The van der Waals surface area contributed by atoms with E-state index >= 15 is 0 Å². The van der Waals surface area contributed by atoms with Crippen LogP contribution in [0.3, 0.4) is 0 Å². The van der Waals surface area contributed by atoms with Crippen molar-refractivity contribution in [3.63, 3.8) is 0 Å². The van der Waals surface area contributed by atoms with Crippen LogP contribution >= 0.6 is 0 Å². The second-order valence-electron chi connectivity index (χ2n) is 4.71. The number of halogens is 1. The van der Waals surface area contributed by atoms with Crippen molar-refractivity contribution < 1.29 is 9.18 Å². The van der Waals surface area contributed by atoms with Crippen LogP contribution in [0, 0.1) is 12.7 Å². The maximum absolute atomic E-state index is 13.0. The smallest absolute Gasteiger partial charge is 0.255 e. The molecule has 2 rings (SSSR count). The topological polar surface area (TPSA) is 45.2 Å². The van der Waals surface area contributed by atoms with Gasteiger partial charge in [-0.25, -0.2) is 9.37 Å². The van der Waals surface area contributed by atoms with Crippen LogP contribution in [0.4, 0.5) is 15.9 Å². The molecule has 2 aromatic rings. The molecule has 0 radical (unpaired) electrons. The number of carbonyl (C=O) groups is 1. The Morgan fingerprint density at radius 3 is 2.55 bits per heavy atom. The third-order valence-electron chi connectivity index (χ3n) is 2.90. The summed E-state index contributed by atoms with van der Waals surface area (Å²) in [4.78, 5) is 18.2. The third-order valence-corrected chi connectivity index (χ3v) is 2.90. The van der Waals surface area contributed by atoms with Crippen molar-refractivity contribution in [2.75, 3.05) is 24.3 Å². The quantitative estimate of drug-likeness (QED) is 0.935. The van der Waals surface area contributed by atoms with E-state index in [2.05, 4.69) is 10.3 Å². The predicted octanol–water partition coefficient (Wildman–Crippen LogP) is 2.85. The summed E-state index contributed by atoms with van der Waals surface area (Å²) in [5.74, 6) is 0.180. The Morgan fingerprint density at radius 1 is 1.25 bits per heavy atom. The van der Waals surface area contributed by atoms with Crippen LogP contribution < -0.4 is 10.2 Å². The standard InChI is InChI=1S/C15H16FN3O/c1-10-8-11(16)4-6-13(10)15(20)18-12-5-7-14(17-9-12)19(2)3/h4-9H,1-3H3,(H,18,20). The molecule has 1 aromatic carbocycles. The molecule has 0 unspecified atom stereocenters. The Labute approximate surface area is 117 Å². The number of carbonyl (C=O) groups excluding carboxylic acids is 1. The molecule has 104 valence electrons. The van der Waals surface area contributed by atoms with E-state index in [1.54, 1.807) is 19.2 Å². The van der Waals surface area contributed by atoms with Gasteiger partial charge in [0.2, 0.25) is 0 Å². The van der Waals surface area contributed by atoms with E-state index in [0.29, 0.717) is 16.8 Å². The monoisotopic (exact) mass is 273 g/mol. The lowest BCUT2D eigenvalue weighted by Gasteiger charge is -2.12. The van der Waals surface area contributed by atoms with E-state index in [1.807, 2.05) is 25.1 Å². The summed E-state index contributed by atoms with van der Waals surface area (Å²) in [6, 6.07) is 7.67. The average Bonchev–Trinajstić information content (AvgIpc) is 2.39. The Kier molecular flexibility index (Phi) is 3.98. The molecule has 1 aromatic heterocycles. The van der Waals surface area contributed by atoms with E-state index in [4.69, 9.17) is 0 Å². The van der Waals surface area contributed by atoms with Crippen LogP contribution in [0.1, 0.15) is 15.9 Å². The largest absolute Gasteiger partial charge is 0.363 e. The van der Waals surface area contributed by atoms with Gasteiger partial charge in [-0.2, -0.15) is 0 Å². The summed E-state index contributed by atoms with van der Waals surface area (Å²) in [5, 5.41) is 2.74. The number of anilines is 2. The SMILES string of the molecule is Cc1cc(F)ccc1C(=O)Nc1ccc(N(C)C)nc1.